The minimum atomic E-state index is -3.33. The van der Waals surface area contributed by atoms with E-state index in [9.17, 15) is 13.2 Å². The Kier molecular flexibility index (Phi) is 6.10. The SMILES string of the molecule is COc1ccc(CC(=O)N(C)c2ccc(NS(C)(=O)=O)cc2)cc1OC. The molecule has 8 heteroatoms. The maximum Gasteiger partial charge on any atom is 0.231 e. The predicted molar refractivity (Wildman–Crippen MR) is 102 cm³/mol. The molecule has 0 spiro atoms. The average Bonchev–Trinajstić information content (AvgIpc) is 2.60. The lowest BCUT2D eigenvalue weighted by Crippen LogP contribution is -2.27. The van der Waals surface area contributed by atoms with Crippen molar-refractivity contribution >= 4 is 27.3 Å². The fourth-order valence-electron chi connectivity index (χ4n) is 2.39. The minimum Gasteiger partial charge on any atom is -0.493 e. The molecule has 0 bridgehead atoms. The molecule has 1 N–H and O–H groups in total. The zero-order chi connectivity index (χ0) is 19.3. The van der Waals surface area contributed by atoms with Gasteiger partial charge in [-0.1, -0.05) is 6.07 Å². The second-order valence-corrected chi connectivity index (χ2v) is 7.49. The third kappa shape index (κ3) is 5.13. The highest BCUT2D eigenvalue weighted by Crippen LogP contribution is 2.28. The molecule has 0 saturated heterocycles. The Hall–Kier alpha value is -2.74. The first-order valence-corrected chi connectivity index (χ1v) is 9.68. The van der Waals surface area contributed by atoms with Crippen LogP contribution >= 0.6 is 0 Å². The lowest BCUT2D eigenvalue weighted by molar-refractivity contribution is -0.117. The summed E-state index contributed by atoms with van der Waals surface area (Å²) in [5, 5.41) is 0. The largest absolute Gasteiger partial charge is 0.493 e. The highest BCUT2D eigenvalue weighted by atomic mass is 32.2. The quantitative estimate of drug-likeness (QED) is 0.799. The Morgan fingerprint density at radius 3 is 2.19 bits per heavy atom. The van der Waals surface area contributed by atoms with Gasteiger partial charge in [-0.2, -0.15) is 0 Å². The number of hydrogen-bond acceptors (Lipinski definition) is 5. The molecule has 2 rings (SSSR count). The summed E-state index contributed by atoms with van der Waals surface area (Å²) < 4.78 is 35.3. The molecule has 0 fully saturated rings. The Balaban J connectivity index is 2.10. The Morgan fingerprint density at radius 1 is 1.04 bits per heavy atom. The summed E-state index contributed by atoms with van der Waals surface area (Å²) in [5.41, 5.74) is 1.90. The number of amides is 1. The molecule has 26 heavy (non-hydrogen) atoms. The molecule has 0 saturated carbocycles. The number of benzene rings is 2. The second kappa shape index (κ2) is 8.09. The summed E-state index contributed by atoms with van der Waals surface area (Å²) in [5.74, 6) is 1.06. The maximum atomic E-state index is 12.5. The lowest BCUT2D eigenvalue weighted by Gasteiger charge is -2.18. The van der Waals surface area contributed by atoms with Gasteiger partial charge in [-0.3, -0.25) is 9.52 Å². The first kappa shape index (κ1) is 19.6. The minimum absolute atomic E-state index is 0.110. The highest BCUT2D eigenvalue weighted by Gasteiger charge is 2.14. The number of methoxy groups -OCH3 is 2. The normalized spacial score (nSPS) is 10.9. The van der Waals surface area contributed by atoms with Crippen LogP contribution in [0.5, 0.6) is 11.5 Å². The molecule has 0 aliphatic rings. The number of nitrogens with zero attached hydrogens (tertiary/aromatic N) is 1. The van der Waals surface area contributed by atoms with Gasteiger partial charge in [-0.25, -0.2) is 8.42 Å². The average molecular weight is 378 g/mol. The smallest absolute Gasteiger partial charge is 0.231 e. The van der Waals surface area contributed by atoms with E-state index in [2.05, 4.69) is 4.72 Å². The van der Waals surface area contributed by atoms with Crippen molar-refractivity contribution in [1.29, 1.82) is 0 Å². The third-order valence-electron chi connectivity index (χ3n) is 3.74. The van der Waals surface area contributed by atoms with Gasteiger partial charge in [-0.05, 0) is 42.0 Å². The summed E-state index contributed by atoms with van der Waals surface area (Å²) in [6, 6.07) is 11.9. The van der Waals surface area contributed by atoms with Gasteiger partial charge >= 0.3 is 0 Å². The van der Waals surface area contributed by atoms with E-state index in [-0.39, 0.29) is 12.3 Å². The van der Waals surface area contributed by atoms with Crippen molar-refractivity contribution in [2.24, 2.45) is 0 Å². The number of likely N-dealkylation sites (N-methyl/N-ethyl adjacent to an activating group) is 1. The first-order valence-electron chi connectivity index (χ1n) is 7.79. The van der Waals surface area contributed by atoms with Crippen molar-refractivity contribution in [2.75, 3.05) is 37.1 Å². The standard InChI is InChI=1S/C18H22N2O5S/c1-20(15-8-6-14(7-9-15)19-26(4,22)23)18(21)12-13-5-10-16(24-2)17(11-13)25-3/h5-11,19H,12H2,1-4H3. The van der Waals surface area contributed by atoms with E-state index in [0.717, 1.165) is 11.8 Å². The molecule has 0 unspecified atom stereocenters. The van der Waals surface area contributed by atoms with Gasteiger partial charge in [0.15, 0.2) is 11.5 Å². The zero-order valence-corrected chi connectivity index (χ0v) is 16.0. The van der Waals surface area contributed by atoms with Crippen LogP contribution in [-0.2, 0) is 21.2 Å². The molecule has 0 heterocycles. The second-order valence-electron chi connectivity index (χ2n) is 5.74. The van der Waals surface area contributed by atoms with Crippen LogP contribution in [0.15, 0.2) is 42.5 Å². The van der Waals surface area contributed by atoms with Crippen LogP contribution in [0, 0.1) is 0 Å². The number of anilines is 2. The maximum absolute atomic E-state index is 12.5. The Morgan fingerprint density at radius 2 is 1.65 bits per heavy atom. The molecular weight excluding hydrogens is 356 g/mol. The van der Waals surface area contributed by atoms with E-state index < -0.39 is 10.0 Å². The van der Waals surface area contributed by atoms with Gasteiger partial charge in [0.05, 0.1) is 26.9 Å². The molecule has 140 valence electrons. The van der Waals surface area contributed by atoms with E-state index in [1.165, 1.54) is 4.90 Å². The van der Waals surface area contributed by atoms with Gasteiger partial charge in [0.1, 0.15) is 0 Å². The lowest BCUT2D eigenvalue weighted by atomic mass is 10.1. The Labute approximate surface area is 153 Å². The molecule has 1 amide bonds. The number of ether oxygens (including phenoxy) is 2. The van der Waals surface area contributed by atoms with Crippen LogP contribution < -0.4 is 19.1 Å². The van der Waals surface area contributed by atoms with E-state index in [1.54, 1.807) is 57.7 Å². The molecule has 0 aromatic heterocycles. The van der Waals surface area contributed by atoms with Gasteiger partial charge in [0.25, 0.3) is 0 Å². The van der Waals surface area contributed by atoms with Crippen molar-refractivity contribution in [3.63, 3.8) is 0 Å². The van der Waals surface area contributed by atoms with Crippen LogP contribution in [-0.4, -0.2) is 41.8 Å². The summed E-state index contributed by atoms with van der Waals surface area (Å²) >= 11 is 0. The van der Waals surface area contributed by atoms with Gasteiger partial charge < -0.3 is 14.4 Å². The van der Waals surface area contributed by atoms with E-state index in [0.29, 0.717) is 22.9 Å². The van der Waals surface area contributed by atoms with Crippen LogP contribution in [0.1, 0.15) is 5.56 Å². The highest BCUT2D eigenvalue weighted by molar-refractivity contribution is 7.92. The topological polar surface area (TPSA) is 84.9 Å². The van der Waals surface area contributed by atoms with E-state index in [1.807, 2.05) is 6.07 Å². The fraction of sp³-hybridized carbons (Fsp3) is 0.278. The molecular formula is C18H22N2O5S. The summed E-state index contributed by atoms with van der Waals surface area (Å²) in [7, 11) is 1.43. The molecule has 0 aliphatic heterocycles. The number of rotatable bonds is 7. The van der Waals surface area contributed by atoms with Gasteiger partial charge in [0, 0.05) is 18.4 Å². The fourth-order valence-corrected chi connectivity index (χ4v) is 2.96. The molecule has 0 atom stereocenters. The van der Waals surface area contributed by atoms with E-state index >= 15 is 0 Å². The van der Waals surface area contributed by atoms with Crippen molar-refractivity contribution in [3.8, 4) is 11.5 Å². The predicted octanol–water partition coefficient (Wildman–Crippen LogP) is 2.28. The summed E-state index contributed by atoms with van der Waals surface area (Å²) in [6.07, 6.45) is 1.28. The Bertz CT molecular complexity index is 879. The van der Waals surface area contributed by atoms with E-state index in [4.69, 9.17) is 9.47 Å². The number of carbonyl (C=O) groups is 1. The molecule has 0 radical (unpaired) electrons. The van der Waals surface area contributed by atoms with Crippen LogP contribution in [0.2, 0.25) is 0 Å². The van der Waals surface area contributed by atoms with Gasteiger partial charge in [0.2, 0.25) is 15.9 Å². The van der Waals surface area contributed by atoms with Crippen LogP contribution in [0.25, 0.3) is 0 Å². The van der Waals surface area contributed by atoms with Crippen LogP contribution in [0.3, 0.4) is 0 Å². The number of sulfonamides is 1. The number of nitrogens with one attached hydrogen (secondary N) is 1. The monoisotopic (exact) mass is 378 g/mol. The van der Waals surface area contributed by atoms with Crippen LogP contribution in [0.4, 0.5) is 11.4 Å². The summed E-state index contributed by atoms with van der Waals surface area (Å²) in [4.78, 5) is 14.0. The van der Waals surface area contributed by atoms with Gasteiger partial charge in [-0.15, -0.1) is 0 Å². The molecule has 2 aromatic carbocycles. The molecule has 2 aromatic rings. The zero-order valence-electron chi connectivity index (χ0n) is 15.1. The van der Waals surface area contributed by atoms with Crippen molar-refractivity contribution < 1.29 is 22.7 Å². The number of hydrogen-bond donors (Lipinski definition) is 1. The van der Waals surface area contributed by atoms with Crippen molar-refractivity contribution in [1.82, 2.24) is 0 Å². The number of carbonyl (C=O) groups excluding carboxylic acids is 1. The van der Waals surface area contributed by atoms with Crippen molar-refractivity contribution in [2.45, 2.75) is 6.42 Å². The van der Waals surface area contributed by atoms with Crippen molar-refractivity contribution in [3.05, 3.63) is 48.0 Å². The molecule has 7 nitrogen and oxygen atoms in total. The third-order valence-corrected chi connectivity index (χ3v) is 4.34. The molecule has 0 aliphatic carbocycles. The first-order chi connectivity index (χ1) is 12.2. The summed E-state index contributed by atoms with van der Waals surface area (Å²) in [6.45, 7) is 0.